The van der Waals surface area contributed by atoms with Crippen LogP contribution in [0.15, 0.2) is 71.7 Å². The lowest BCUT2D eigenvalue weighted by atomic mass is 9.83. The Bertz CT molecular complexity index is 1350. The van der Waals surface area contributed by atoms with E-state index in [9.17, 15) is 23.5 Å². The van der Waals surface area contributed by atoms with Crippen LogP contribution in [0.2, 0.25) is 5.02 Å². The lowest BCUT2D eigenvalue weighted by Gasteiger charge is -2.25. The van der Waals surface area contributed by atoms with Gasteiger partial charge in [-0.1, -0.05) is 17.7 Å². The van der Waals surface area contributed by atoms with Crippen LogP contribution >= 0.6 is 11.6 Å². The van der Waals surface area contributed by atoms with E-state index in [4.69, 9.17) is 16.3 Å². The van der Waals surface area contributed by atoms with E-state index in [1.165, 1.54) is 37.6 Å². The number of methoxy groups -OCH3 is 1. The van der Waals surface area contributed by atoms with Crippen molar-refractivity contribution in [2.45, 2.75) is 12.0 Å². The van der Waals surface area contributed by atoms with E-state index >= 15 is 0 Å². The molecule has 0 amide bonds. The number of aromatic carboxylic acids is 1. The first-order valence-electron chi connectivity index (χ1n) is 10.2. The third-order valence-electron chi connectivity index (χ3n) is 5.60. The molecule has 0 aliphatic carbocycles. The van der Waals surface area contributed by atoms with Crippen LogP contribution in [-0.4, -0.2) is 35.7 Å². The van der Waals surface area contributed by atoms with Crippen LogP contribution in [0.4, 0.5) is 8.78 Å². The van der Waals surface area contributed by atoms with Crippen LogP contribution in [0, 0.1) is 11.6 Å². The first-order valence-corrected chi connectivity index (χ1v) is 10.5. The van der Waals surface area contributed by atoms with E-state index in [1.54, 1.807) is 30.4 Å². The average molecular weight is 482 g/mol. The standard InChI is InChI=1S/C26H18ClF2NO4/c1-34-23-8-4-15(20-12-16(25(32)33)3-7-21(20)28)11-17(23)14-26(9-2-10-30-26)24(31)19-6-5-18(27)13-22(19)29/h2-13H,14H2,1H3,(H,32,33). The van der Waals surface area contributed by atoms with E-state index in [2.05, 4.69) is 4.99 Å². The van der Waals surface area contributed by atoms with E-state index in [0.29, 0.717) is 16.9 Å². The van der Waals surface area contributed by atoms with Gasteiger partial charge in [-0.25, -0.2) is 13.6 Å². The van der Waals surface area contributed by atoms with Crippen molar-refractivity contribution in [1.82, 2.24) is 0 Å². The molecule has 5 nitrogen and oxygen atoms in total. The number of ketones is 1. The Kier molecular flexibility index (Phi) is 6.30. The Morgan fingerprint density at radius 1 is 1.06 bits per heavy atom. The molecule has 0 radical (unpaired) electrons. The Morgan fingerprint density at radius 2 is 1.85 bits per heavy atom. The van der Waals surface area contributed by atoms with Gasteiger partial charge in [0.15, 0.2) is 5.78 Å². The van der Waals surface area contributed by atoms with Crippen molar-refractivity contribution in [3.63, 3.8) is 0 Å². The Hall–Kier alpha value is -3.84. The number of allylic oxidation sites excluding steroid dienone is 1. The van der Waals surface area contributed by atoms with Crippen LogP contribution < -0.4 is 4.74 Å². The molecule has 34 heavy (non-hydrogen) atoms. The van der Waals surface area contributed by atoms with Crippen molar-refractivity contribution in [2.24, 2.45) is 4.99 Å². The second-order valence-corrected chi connectivity index (χ2v) is 8.15. The molecule has 1 unspecified atom stereocenters. The Labute approximate surface area is 199 Å². The lowest BCUT2D eigenvalue weighted by molar-refractivity contribution is 0.0696. The number of Topliss-reactive ketones (excluding diaryl/α,β-unsaturated/α-hetero) is 1. The molecule has 0 saturated heterocycles. The van der Waals surface area contributed by atoms with Gasteiger partial charge in [0.2, 0.25) is 0 Å². The lowest BCUT2D eigenvalue weighted by Crippen LogP contribution is -2.36. The van der Waals surface area contributed by atoms with Crippen LogP contribution in [0.25, 0.3) is 11.1 Å². The van der Waals surface area contributed by atoms with Gasteiger partial charge in [0, 0.05) is 23.2 Å². The largest absolute Gasteiger partial charge is 0.496 e. The van der Waals surface area contributed by atoms with Crippen molar-refractivity contribution in [3.05, 3.63) is 100 Å². The molecule has 1 N–H and O–H groups in total. The van der Waals surface area contributed by atoms with Gasteiger partial charge in [-0.3, -0.25) is 9.79 Å². The molecule has 4 rings (SSSR count). The molecular weight excluding hydrogens is 464 g/mol. The zero-order chi connectivity index (χ0) is 24.5. The minimum absolute atomic E-state index is 0.00183. The highest BCUT2D eigenvalue weighted by Gasteiger charge is 2.39. The Balaban J connectivity index is 1.79. The van der Waals surface area contributed by atoms with E-state index in [1.807, 2.05) is 0 Å². The van der Waals surface area contributed by atoms with Gasteiger partial charge >= 0.3 is 5.97 Å². The van der Waals surface area contributed by atoms with Crippen LogP contribution in [0.1, 0.15) is 26.3 Å². The summed E-state index contributed by atoms with van der Waals surface area (Å²) in [5.74, 6) is -2.71. The van der Waals surface area contributed by atoms with Crippen molar-refractivity contribution in [3.8, 4) is 16.9 Å². The van der Waals surface area contributed by atoms with Gasteiger partial charge in [0.05, 0.1) is 18.2 Å². The monoisotopic (exact) mass is 481 g/mol. The zero-order valence-electron chi connectivity index (χ0n) is 17.9. The maximum atomic E-state index is 14.6. The van der Waals surface area contributed by atoms with E-state index in [0.717, 1.165) is 12.1 Å². The van der Waals surface area contributed by atoms with Crippen molar-refractivity contribution in [1.29, 1.82) is 0 Å². The van der Waals surface area contributed by atoms with Gasteiger partial charge in [-0.05, 0) is 71.8 Å². The summed E-state index contributed by atoms with van der Waals surface area (Å²) in [4.78, 5) is 29.1. The minimum Gasteiger partial charge on any atom is -0.496 e. The molecule has 0 fully saturated rings. The van der Waals surface area contributed by atoms with Crippen molar-refractivity contribution < 1.29 is 28.2 Å². The second kappa shape index (κ2) is 9.19. The fourth-order valence-electron chi connectivity index (χ4n) is 3.90. The summed E-state index contributed by atoms with van der Waals surface area (Å²) in [5.41, 5.74) is -0.694. The predicted octanol–water partition coefficient (Wildman–Crippen LogP) is 5.80. The molecule has 1 atom stereocenters. The number of aliphatic imine (C=N–C) groups is 1. The van der Waals surface area contributed by atoms with Gasteiger partial charge in [0.25, 0.3) is 0 Å². The number of carbonyl (C=O) groups excluding carboxylic acids is 1. The van der Waals surface area contributed by atoms with Gasteiger partial charge in [-0.15, -0.1) is 0 Å². The third-order valence-corrected chi connectivity index (χ3v) is 5.83. The molecule has 1 heterocycles. The van der Waals surface area contributed by atoms with Crippen LogP contribution in [0.5, 0.6) is 5.75 Å². The summed E-state index contributed by atoms with van der Waals surface area (Å²) in [6.07, 6.45) is 4.62. The predicted molar refractivity (Wildman–Crippen MR) is 125 cm³/mol. The summed E-state index contributed by atoms with van der Waals surface area (Å²) in [5, 5.41) is 9.43. The summed E-state index contributed by atoms with van der Waals surface area (Å²) in [6, 6.07) is 12.1. The highest BCUT2D eigenvalue weighted by molar-refractivity contribution is 6.30. The first-order chi connectivity index (χ1) is 16.2. The summed E-state index contributed by atoms with van der Waals surface area (Å²) >= 11 is 5.83. The summed E-state index contributed by atoms with van der Waals surface area (Å²) in [7, 11) is 1.45. The number of hydrogen-bond donors (Lipinski definition) is 1. The van der Waals surface area contributed by atoms with E-state index < -0.39 is 28.9 Å². The normalized spacial score (nSPS) is 16.6. The molecule has 1 aliphatic rings. The number of hydrogen-bond acceptors (Lipinski definition) is 4. The number of benzene rings is 3. The third kappa shape index (κ3) is 4.34. The van der Waals surface area contributed by atoms with Crippen LogP contribution in [0.3, 0.4) is 0 Å². The summed E-state index contributed by atoms with van der Waals surface area (Å²) in [6.45, 7) is 0. The molecule has 8 heteroatoms. The number of halogens is 3. The number of nitrogens with zero attached hydrogens (tertiary/aromatic N) is 1. The average Bonchev–Trinajstić information content (AvgIpc) is 3.28. The minimum atomic E-state index is -1.44. The summed E-state index contributed by atoms with van der Waals surface area (Å²) < 4.78 is 34.6. The van der Waals surface area contributed by atoms with Gasteiger partial charge in [-0.2, -0.15) is 0 Å². The van der Waals surface area contributed by atoms with Gasteiger partial charge in [0.1, 0.15) is 22.9 Å². The quantitative estimate of drug-likeness (QED) is 0.433. The van der Waals surface area contributed by atoms with Crippen molar-refractivity contribution in [2.75, 3.05) is 7.11 Å². The molecule has 0 saturated carbocycles. The molecule has 0 aromatic heterocycles. The number of carboxylic acid groups (broad SMARTS) is 1. The maximum absolute atomic E-state index is 14.6. The number of ether oxygens (including phenoxy) is 1. The van der Waals surface area contributed by atoms with Crippen LogP contribution in [-0.2, 0) is 6.42 Å². The maximum Gasteiger partial charge on any atom is 0.335 e. The Morgan fingerprint density at radius 3 is 2.50 bits per heavy atom. The highest BCUT2D eigenvalue weighted by Crippen LogP contribution is 2.35. The highest BCUT2D eigenvalue weighted by atomic mass is 35.5. The van der Waals surface area contributed by atoms with E-state index in [-0.39, 0.29) is 28.1 Å². The molecule has 0 bridgehead atoms. The topological polar surface area (TPSA) is 76.0 Å². The molecular formula is C26H18ClF2NO4. The fraction of sp³-hybridized carbons (Fsp3) is 0.115. The van der Waals surface area contributed by atoms with Crippen molar-refractivity contribution >= 4 is 29.6 Å². The zero-order valence-corrected chi connectivity index (χ0v) is 18.6. The molecule has 0 spiro atoms. The molecule has 1 aliphatic heterocycles. The SMILES string of the molecule is COc1ccc(-c2cc(C(=O)O)ccc2F)cc1CC1(C(=O)c2ccc(Cl)cc2F)C=CC=N1. The molecule has 3 aromatic carbocycles. The number of carbonyl (C=O) groups is 2. The number of rotatable bonds is 7. The van der Waals surface area contributed by atoms with Gasteiger partial charge < -0.3 is 9.84 Å². The smallest absolute Gasteiger partial charge is 0.335 e. The second-order valence-electron chi connectivity index (χ2n) is 7.72. The fourth-order valence-corrected chi connectivity index (χ4v) is 4.06. The molecule has 3 aromatic rings. The first kappa shape index (κ1) is 23.3. The molecule has 172 valence electrons. The number of carboxylic acids is 1.